The molecular weight excluding hydrogens is 400 g/mol. The van der Waals surface area contributed by atoms with Gasteiger partial charge in [-0.05, 0) is 39.7 Å². The van der Waals surface area contributed by atoms with Crippen LogP contribution in [0.5, 0.6) is 0 Å². The van der Waals surface area contributed by atoms with E-state index in [4.69, 9.17) is 14.2 Å². The maximum absolute atomic E-state index is 13.1. The van der Waals surface area contributed by atoms with Gasteiger partial charge >= 0.3 is 17.9 Å². The second-order valence-corrected chi connectivity index (χ2v) is 8.76. The van der Waals surface area contributed by atoms with Crippen LogP contribution in [0.15, 0.2) is 48.1 Å². The van der Waals surface area contributed by atoms with Crippen molar-refractivity contribution in [2.45, 2.75) is 52.9 Å². The van der Waals surface area contributed by atoms with E-state index in [2.05, 4.69) is 13.2 Å². The summed E-state index contributed by atoms with van der Waals surface area (Å²) in [6.45, 7) is 15.9. The molecule has 7 atom stereocenters. The number of esters is 3. The minimum absolute atomic E-state index is 0.0853. The van der Waals surface area contributed by atoms with Gasteiger partial charge in [-0.25, -0.2) is 14.4 Å². The van der Waals surface area contributed by atoms with Gasteiger partial charge in [-0.2, -0.15) is 0 Å². The summed E-state index contributed by atoms with van der Waals surface area (Å²) in [6, 6.07) is 0. The highest BCUT2D eigenvalue weighted by Gasteiger charge is 2.65. The van der Waals surface area contributed by atoms with E-state index < -0.39 is 59.4 Å². The quantitative estimate of drug-likeness (QED) is 0.386. The van der Waals surface area contributed by atoms with Crippen LogP contribution in [0.3, 0.4) is 0 Å². The molecule has 1 heterocycles. The molecule has 3 aliphatic rings. The van der Waals surface area contributed by atoms with Crippen molar-refractivity contribution in [2.24, 2.45) is 23.2 Å². The smallest absolute Gasteiger partial charge is 0.334 e. The summed E-state index contributed by atoms with van der Waals surface area (Å²) in [5.74, 6) is -3.78. The van der Waals surface area contributed by atoms with Gasteiger partial charge in [0.2, 0.25) is 0 Å². The highest BCUT2D eigenvalue weighted by molar-refractivity contribution is 6.00. The summed E-state index contributed by atoms with van der Waals surface area (Å²) in [4.78, 5) is 50.7. The Morgan fingerprint density at radius 1 is 1.19 bits per heavy atom. The van der Waals surface area contributed by atoms with Gasteiger partial charge in [0.05, 0.1) is 11.3 Å². The molecule has 1 aliphatic heterocycles. The Labute approximate surface area is 181 Å². The Hall–Kier alpha value is -2.96. The first-order valence-corrected chi connectivity index (χ1v) is 10.3. The molecule has 0 aromatic carbocycles. The number of allylic oxidation sites excluding steroid dienone is 3. The van der Waals surface area contributed by atoms with Crippen molar-refractivity contribution in [1.29, 1.82) is 0 Å². The third-order valence-corrected chi connectivity index (χ3v) is 6.85. The zero-order valence-corrected chi connectivity index (χ0v) is 18.5. The number of ether oxygens (including phenoxy) is 3. The van der Waals surface area contributed by atoms with E-state index in [0.29, 0.717) is 5.57 Å². The molecule has 0 radical (unpaired) electrons. The molecule has 2 aliphatic carbocycles. The van der Waals surface area contributed by atoms with E-state index in [-0.39, 0.29) is 16.9 Å². The minimum Gasteiger partial charge on any atom is -0.457 e. The van der Waals surface area contributed by atoms with Crippen molar-refractivity contribution < 1.29 is 33.4 Å². The second-order valence-electron chi connectivity index (χ2n) is 8.76. The van der Waals surface area contributed by atoms with Crippen LogP contribution < -0.4 is 0 Å². The van der Waals surface area contributed by atoms with Crippen LogP contribution in [0, 0.1) is 23.2 Å². The summed E-state index contributed by atoms with van der Waals surface area (Å²) in [7, 11) is 0. The molecule has 0 aromatic heterocycles. The van der Waals surface area contributed by atoms with E-state index in [9.17, 15) is 19.2 Å². The van der Waals surface area contributed by atoms with E-state index in [1.807, 2.05) is 6.92 Å². The molecule has 166 valence electrons. The Bertz CT molecular complexity index is 940. The molecule has 0 amide bonds. The minimum atomic E-state index is -1.18. The van der Waals surface area contributed by atoms with Crippen molar-refractivity contribution in [1.82, 2.24) is 0 Å². The van der Waals surface area contributed by atoms with Gasteiger partial charge in [-0.1, -0.05) is 32.2 Å². The summed E-state index contributed by atoms with van der Waals surface area (Å²) >= 11 is 0. The predicted octanol–water partition coefficient (Wildman–Crippen LogP) is 2.86. The van der Waals surface area contributed by atoms with Crippen molar-refractivity contribution in [2.75, 3.05) is 0 Å². The SMILES string of the molecule is C=C(C)C(=O)OC1C2C(=C)C(=O)OC2C(OC(=O)C(C)=CC)C(C)C2C=CC(=O)C21C. The van der Waals surface area contributed by atoms with Crippen LogP contribution in [0.4, 0.5) is 0 Å². The molecule has 2 fully saturated rings. The van der Waals surface area contributed by atoms with Crippen LogP contribution in [-0.2, 0) is 33.4 Å². The maximum atomic E-state index is 13.1. The molecule has 31 heavy (non-hydrogen) atoms. The largest absolute Gasteiger partial charge is 0.457 e. The zero-order valence-electron chi connectivity index (χ0n) is 18.5. The van der Waals surface area contributed by atoms with Gasteiger partial charge in [0.1, 0.15) is 18.3 Å². The molecule has 0 aromatic rings. The predicted molar refractivity (Wildman–Crippen MR) is 111 cm³/mol. The van der Waals surface area contributed by atoms with Crippen molar-refractivity contribution in [3.05, 3.63) is 48.1 Å². The highest BCUT2D eigenvalue weighted by atomic mass is 16.6. The molecule has 0 N–H and O–H groups in total. The van der Waals surface area contributed by atoms with Crippen molar-refractivity contribution in [3.8, 4) is 0 Å². The van der Waals surface area contributed by atoms with E-state index in [0.717, 1.165) is 0 Å². The molecule has 0 bridgehead atoms. The fraction of sp³-hybridized carbons (Fsp3) is 0.500. The zero-order chi connectivity index (χ0) is 23.2. The normalized spacial score (nSPS) is 36.9. The molecule has 7 nitrogen and oxygen atoms in total. The van der Waals surface area contributed by atoms with E-state index >= 15 is 0 Å². The molecule has 3 rings (SSSR count). The molecule has 0 spiro atoms. The Kier molecular flexibility index (Phi) is 5.82. The lowest BCUT2D eigenvalue weighted by Crippen LogP contribution is -2.49. The molecule has 7 heteroatoms. The fourth-order valence-electron chi connectivity index (χ4n) is 4.82. The third kappa shape index (κ3) is 3.46. The van der Waals surface area contributed by atoms with Gasteiger partial charge in [0.25, 0.3) is 0 Å². The van der Waals surface area contributed by atoms with Crippen LogP contribution in [0.1, 0.15) is 34.6 Å². The second kappa shape index (κ2) is 7.94. The van der Waals surface area contributed by atoms with Gasteiger partial charge in [0.15, 0.2) is 5.78 Å². The van der Waals surface area contributed by atoms with Gasteiger partial charge < -0.3 is 14.2 Å². The molecule has 7 unspecified atom stereocenters. The maximum Gasteiger partial charge on any atom is 0.334 e. The monoisotopic (exact) mass is 428 g/mol. The Morgan fingerprint density at radius 3 is 2.42 bits per heavy atom. The van der Waals surface area contributed by atoms with E-state index in [1.165, 1.54) is 13.0 Å². The van der Waals surface area contributed by atoms with Crippen molar-refractivity contribution in [3.63, 3.8) is 0 Å². The first kappa shape index (κ1) is 22.7. The van der Waals surface area contributed by atoms with E-state index in [1.54, 1.807) is 32.9 Å². The summed E-state index contributed by atoms with van der Waals surface area (Å²) in [5, 5.41) is 0. The number of hydrogen-bond donors (Lipinski definition) is 0. The number of ketones is 1. The standard InChI is InChI=1S/C24H28O7/c1-8-12(4)22(27)29-18-13(5)15-9-10-16(25)24(15,7)20(31-21(26)11(2)3)17-14(6)23(28)30-19(17)18/h8-10,13,15,17-20H,2,6H2,1,3-5,7H3. The number of carbonyl (C=O) groups is 4. The Morgan fingerprint density at radius 2 is 1.84 bits per heavy atom. The molecular formula is C24H28O7. The highest BCUT2D eigenvalue weighted by Crippen LogP contribution is 2.55. The summed E-state index contributed by atoms with van der Waals surface area (Å²) < 4.78 is 17.2. The topological polar surface area (TPSA) is 96.0 Å². The third-order valence-electron chi connectivity index (χ3n) is 6.85. The average Bonchev–Trinajstić information content (AvgIpc) is 3.16. The number of rotatable bonds is 4. The first-order valence-electron chi connectivity index (χ1n) is 10.3. The summed E-state index contributed by atoms with van der Waals surface area (Å²) in [5.41, 5.74) is -0.527. The average molecular weight is 428 g/mol. The molecule has 1 saturated carbocycles. The number of carbonyl (C=O) groups excluding carboxylic acids is 4. The van der Waals surface area contributed by atoms with Crippen LogP contribution in [0.25, 0.3) is 0 Å². The first-order chi connectivity index (χ1) is 14.4. The van der Waals surface area contributed by atoms with Gasteiger partial charge in [-0.3, -0.25) is 4.79 Å². The summed E-state index contributed by atoms with van der Waals surface area (Å²) in [6.07, 6.45) is 2.01. The lowest BCUT2D eigenvalue weighted by atomic mass is 9.67. The Balaban J connectivity index is 2.15. The van der Waals surface area contributed by atoms with Crippen LogP contribution in [-0.4, -0.2) is 42.0 Å². The lowest BCUT2D eigenvalue weighted by molar-refractivity contribution is -0.166. The molecule has 1 saturated heterocycles. The lowest BCUT2D eigenvalue weighted by Gasteiger charge is -2.39. The van der Waals surface area contributed by atoms with Gasteiger partial charge in [0, 0.05) is 22.6 Å². The fourth-order valence-corrected chi connectivity index (χ4v) is 4.82. The number of fused-ring (bicyclic) bond motifs is 2. The van der Waals surface area contributed by atoms with Crippen molar-refractivity contribution >= 4 is 23.7 Å². The number of hydrogen-bond acceptors (Lipinski definition) is 7. The van der Waals surface area contributed by atoms with Gasteiger partial charge in [-0.15, -0.1) is 0 Å². The van der Waals surface area contributed by atoms with Crippen LogP contribution >= 0.6 is 0 Å². The van der Waals surface area contributed by atoms with Crippen LogP contribution in [0.2, 0.25) is 0 Å².